The number of ether oxygens (including phenoxy) is 11. The van der Waals surface area contributed by atoms with Gasteiger partial charge in [0, 0.05) is 19.4 Å². The Kier molecular flexibility index (Phi) is 20.2. The average Bonchev–Trinajstić information content (AvgIpc) is 3.96. The van der Waals surface area contributed by atoms with E-state index in [9.17, 15) is 63.4 Å². The minimum absolute atomic E-state index is 0. The molecule has 24 unspecified atom stereocenters. The quantitative estimate of drug-likeness (QED) is 0.0256. The van der Waals surface area contributed by atoms with Crippen molar-refractivity contribution < 1.29 is 149 Å². The molecule has 0 aromatic rings. The monoisotopic (exact) mass is 1200 g/mol. The van der Waals surface area contributed by atoms with Crippen LogP contribution in [0.5, 0.6) is 0 Å². The Morgan fingerprint density at radius 2 is 1.43 bits per heavy atom. The summed E-state index contributed by atoms with van der Waals surface area (Å²) in [5.41, 5.74) is -1.08. The van der Waals surface area contributed by atoms with Gasteiger partial charge in [0.15, 0.2) is 25.2 Å². The number of hydrogen-bond acceptors (Lipinski definition) is 25. The molecule has 1 spiro atoms. The van der Waals surface area contributed by atoms with E-state index in [0.29, 0.717) is 51.4 Å². The number of cyclic esters (lactones) is 1. The molecule has 0 radical (unpaired) electrons. The number of fused-ring (bicyclic) bond motifs is 4. The molecule has 25 nitrogen and oxygen atoms in total. The van der Waals surface area contributed by atoms with Crippen LogP contribution in [-0.4, -0.2) is 221 Å². The average molecular weight is 1200 g/mol. The minimum atomic E-state index is -5.42. The van der Waals surface area contributed by atoms with Gasteiger partial charge in [-0.2, -0.15) is 0 Å². The minimum Gasteiger partial charge on any atom is -0.726 e. The van der Waals surface area contributed by atoms with Crippen LogP contribution in [-0.2, 0) is 76.3 Å². The Morgan fingerprint density at radius 3 is 2.07 bits per heavy atom. The second kappa shape index (κ2) is 24.9. The van der Waals surface area contributed by atoms with Gasteiger partial charge in [0.2, 0.25) is 10.4 Å². The number of aliphatic hydroxyl groups excluding tert-OH is 8. The van der Waals surface area contributed by atoms with Crippen LogP contribution in [0.25, 0.3) is 0 Å². The van der Waals surface area contributed by atoms with Gasteiger partial charge < -0.3 is 97.5 Å². The van der Waals surface area contributed by atoms with Gasteiger partial charge in [-0.05, 0) is 102 Å². The fourth-order valence-corrected chi connectivity index (χ4v) is 16.8. The van der Waals surface area contributed by atoms with Crippen molar-refractivity contribution in [1.82, 2.24) is 0 Å². The summed E-state index contributed by atoms with van der Waals surface area (Å²) in [4.78, 5) is 27.4. The molecule has 27 atom stereocenters. The zero-order chi connectivity index (χ0) is 59.3. The van der Waals surface area contributed by atoms with Gasteiger partial charge >= 0.3 is 41.5 Å². The fraction of sp³-hybridized carbons (Fsp3) is 0.891. The number of allylic oxidation sites excluding steroid dienone is 4. The van der Waals surface area contributed by atoms with Crippen LogP contribution >= 0.6 is 0 Å². The molecule has 462 valence electrons. The van der Waals surface area contributed by atoms with E-state index in [4.69, 9.17) is 52.1 Å². The van der Waals surface area contributed by atoms with Gasteiger partial charge in [0.05, 0.1) is 43.4 Å². The summed E-state index contributed by atoms with van der Waals surface area (Å²) in [6.45, 7) is 15.7. The maximum atomic E-state index is 14.7. The first-order valence-electron chi connectivity index (χ1n) is 28.3. The molecule has 0 aromatic carbocycles. The summed E-state index contributed by atoms with van der Waals surface area (Å²) in [6, 6.07) is 0. The van der Waals surface area contributed by atoms with Crippen molar-refractivity contribution in [1.29, 1.82) is 0 Å². The van der Waals surface area contributed by atoms with Crippen LogP contribution < -0.4 is 29.6 Å². The van der Waals surface area contributed by atoms with Crippen LogP contribution in [0.15, 0.2) is 23.3 Å². The number of carbonyl (C=O) groups excluding carboxylic acids is 2. The molecular formula is C55H85NaO25S. The van der Waals surface area contributed by atoms with Crippen LogP contribution in [0.1, 0.15) is 114 Å². The summed E-state index contributed by atoms with van der Waals surface area (Å²) >= 11 is 0. The van der Waals surface area contributed by atoms with Crippen molar-refractivity contribution >= 4 is 22.3 Å². The number of hydrogen-bond donors (Lipinski definition) is 8. The molecule has 5 saturated heterocycles. The van der Waals surface area contributed by atoms with Crippen LogP contribution in [0.3, 0.4) is 0 Å². The van der Waals surface area contributed by atoms with E-state index in [-0.39, 0.29) is 65.3 Å². The summed E-state index contributed by atoms with van der Waals surface area (Å²) in [5.74, 6) is -1.00. The molecule has 3 saturated carbocycles. The Balaban J connectivity index is 0.00000880. The number of methoxy groups -OCH3 is 1. The molecule has 0 bridgehead atoms. The number of esters is 2. The van der Waals surface area contributed by atoms with Crippen molar-refractivity contribution in [3.8, 4) is 0 Å². The molecule has 0 amide bonds. The van der Waals surface area contributed by atoms with Gasteiger partial charge in [-0.15, -0.1) is 0 Å². The summed E-state index contributed by atoms with van der Waals surface area (Å²) in [6.07, 6.45) is -21.7. The van der Waals surface area contributed by atoms with Crippen LogP contribution in [0.4, 0.5) is 0 Å². The molecule has 4 aliphatic carbocycles. The summed E-state index contributed by atoms with van der Waals surface area (Å²) in [5, 5.41) is 88.7. The number of carbonyl (C=O) groups is 2. The van der Waals surface area contributed by atoms with Crippen molar-refractivity contribution in [2.45, 2.75) is 242 Å². The second-order valence-electron chi connectivity index (χ2n) is 25.6. The molecule has 8 N–H and O–H groups in total. The predicted octanol–water partition coefficient (Wildman–Crippen LogP) is -2.72. The SMILES string of the molecule is COC1C(O)COC(OC2C(O)C(CO)OC(OC3C(C)OC(OC4C(OC5CC[C@]6(C)C7CCC89C(=O)O[C@@](C)(CCC=C(C)C)C8C(OC(C)=O)C[C@@]9(C)C7=CCC6C5(C)C)OCC(OS(=O)(=O)[O-])C4O)C(O)C3O)C2O)C1O.[Na+]. The largest absolute Gasteiger partial charge is 1.00 e. The van der Waals surface area contributed by atoms with Gasteiger partial charge in [-0.1, -0.05) is 51.0 Å². The van der Waals surface area contributed by atoms with Gasteiger partial charge in [-0.3, -0.25) is 13.8 Å². The van der Waals surface area contributed by atoms with Crippen molar-refractivity contribution in [2.24, 2.45) is 39.4 Å². The van der Waals surface area contributed by atoms with E-state index in [2.05, 4.69) is 44.0 Å². The summed E-state index contributed by atoms with van der Waals surface area (Å²) < 4.78 is 106. The summed E-state index contributed by atoms with van der Waals surface area (Å²) in [7, 11) is -4.17. The van der Waals surface area contributed by atoms with Gasteiger partial charge in [0.25, 0.3) is 0 Å². The standard InChI is InChI=1S/C55H86O25S.Na/c1-24(2)12-11-17-54(9)45-30(73-26(4)57)20-53(8)28-13-14-33-51(5,6)34(16-18-52(33,7)27(28)15-19-55(45,53)50(65)79-54)75-49-44(36(60)32(23-71-49)80-81(66,67)68)78-47-38(62)37(61)41(25(3)72-47)76-48-40(64)43(35(59)31(21-56)74-48)77-46-39(63)42(69-10)29(58)22-70-46;/h12-13,25,27,29-49,56,58-64H,11,14-23H2,1-10H3,(H,66,67,68);/q;+1/p-1/t25?,27?,29?,30?,31?,32?,33?,34?,35?,36?,37?,38?,39?,40?,41?,42?,43?,44?,45?,46?,47?,48?,49?,52-,53+,54+,55?;/m1./s1. The van der Waals surface area contributed by atoms with Crippen LogP contribution in [0.2, 0.25) is 0 Å². The van der Waals surface area contributed by atoms with Crippen molar-refractivity contribution in [2.75, 3.05) is 26.9 Å². The Bertz CT molecular complexity index is 2460. The number of rotatable bonds is 16. The van der Waals surface area contributed by atoms with E-state index in [1.54, 1.807) is 0 Å². The second-order valence-corrected chi connectivity index (χ2v) is 26.6. The third-order valence-corrected chi connectivity index (χ3v) is 20.6. The Hall–Kier alpha value is -1.39. The topological polar surface area (TPSA) is 364 Å². The fourth-order valence-electron chi connectivity index (χ4n) is 16.3. The molecule has 27 heteroatoms. The molecule has 8 fully saturated rings. The number of aliphatic hydroxyl groups is 8. The van der Waals surface area contributed by atoms with Crippen LogP contribution in [0, 0.1) is 39.4 Å². The first kappa shape index (κ1) is 66.6. The molecule has 5 heterocycles. The maximum absolute atomic E-state index is 14.7. The third kappa shape index (κ3) is 11.8. The molecule has 0 aromatic heterocycles. The van der Waals surface area contributed by atoms with E-state index in [0.717, 1.165) is 5.57 Å². The third-order valence-electron chi connectivity index (χ3n) is 20.2. The Labute approximate surface area is 500 Å². The first-order valence-corrected chi connectivity index (χ1v) is 29.7. The molecule has 9 aliphatic rings. The van der Waals surface area contributed by atoms with Crippen molar-refractivity contribution in [3.63, 3.8) is 0 Å². The van der Waals surface area contributed by atoms with Crippen molar-refractivity contribution in [3.05, 3.63) is 23.3 Å². The first-order chi connectivity index (χ1) is 37.9. The zero-order valence-corrected chi connectivity index (χ0v) is 51.5. The van der Waals surface area contributed by atoms with Gasteiger partial charge in [0.1, 0.15) is 91.1 Å². The smallest absolute Gasteiger partial charge is 0.726 e. The zero-order valence-electron chi connectivity index (χ0n) is 48.6. The molecule has 5 aliphatic heterocycles. The van der Waals surface area contributed by atoms with E-state index in [1.165, 1.54) is 26.5 Å². The Morgan fingerprint density at radius 1 is 0.780 bits per heavy atom. The predicted molar refractivity (Wildman–Crippen MR) is 274 cm³/mol. The molecule has 9 rings (SSSR count). The normalized spacial score (nSPS) is 48.9. The van der Waals surface area contributed by atoms with Gasteiger partial charge in [-0.25, -0.2) is 8.42 Å². The van der Waals surface area contributed by atoms with E-state index in [1.807, 2.05) is 20.8 Å². The maximum Gasteiger partial charge on any atom is 1.00 e. The van der Waals surface area contributed by atoms with E-state index < -0.39 is 174 Å². The molecular weight excluding hydrogens is 1120 g/mol. The molecule has 82 heavy (non-hydrogen) atoms. The van der Waals surface area contributed by atoms with E-state index >= 15 is 0 Å².